The smallest absolute Gasteiger partial charge is 0.220 e. The lowest BCUT2D eigenvalue weighted by atomic mass is 10.2. The molecule has 0 aromatic carbocycles. The molecular weight excluding hydrogens is 182 g/mol. The van der Waals surface area contributed by atoms with Gasteiger partial charge in [-0.15, -0.1) is 0 Å². The summed E-state index contributed by atoms with van der Waals surface area (Å²) in [5.74, 6) is -0.429. The Balaban J connectivity index is 3.55. The average Bonchev–Trinajstić information content (AvgIpc) is 2.02. The number of nitrogens with two attached hydrogens (primary N) is 1. The number of rotatable bonds is 7. The van der Waals surface area contributed by atoms with Gasteiger partial charge in [-0.2, -0.15) is 0 Å². The van der Waals surface area contributed by atoms with Crippen LogP contribution in [0.1, 0.15) is 26.2 Å². The second-order valence-electron chi connectivity index (χ2n) is 3.35. The lowest BCUT2D eigenvalue weighted by Gasteiger charge is -2.11. The molecule has 0 saturated carbocycles. The highest BCUT2D eigenvalue weighted by molar-refractivity contribution is 5.78. The zero-order chi connectivity index (χ0) is 11.0. The van der Waals surface area contributed by atoms with E-state index in [4.69, 9.17) is 5.73 Å². The number of hydrogen-bond donors (Lipinski definition) is 3. The summed E-state index contributed by atoms with van der Waals surface area (Å²) < 4.78 is 0. The molecule has 1 unspecified atom stereocenters. The molecule has 5 nitrogen and oxygen atoms in total. The van der Waals surface area contributed by atoms with Crippen molar-refractivity contribution < 1.29 is 9.59 Å². The molecule has 0 spiro atoms. The first-order valence-corrected chi connectivity index (χ1v) is 4.78. The van der Waals surface area contributed by atoms with Crippen LogP contribution < -0.4 is 16.4 Å². The molecule has 0 heterocycles. The molecule has 0 radical (unpaired) electrons. The zero-order valence-corrected chi connectivity index (χ0v) is 8.80. The number of carbonyl (C=O) groups excluding carboxylic acids is 2. The Hall–Kier alpha value is -1.10. The highest BCUT2D eigenvalue weighted by atomic mass is 16.2. The van der Waals surface area contributed by atoms with Crippen molar-refractivity contribution in [2.24, 2.45) is 5.73 Å². The van der Waals surface area contributed by atoms with Gasteiger partial charge < -0.3 is 16.4 Å². The number of nitrogens with one attached hydrogen (secondary N) is 2. The normalized spacial score (nSPS) is 12.1. The highest BCUT2D eigenvalue weighted by Gasteiger charge is 2.08. The SMILES string of the molecule is CNCCCC(=O)NC(C)CC(N)=O. The van der Waals surface area contributed by atoms with Gasteiger partial charge in [-0.1, -0.05) is 0 Å². The highest BCUT2D eigenvalue weighted by Crippen LogP contribution is 1.92. The van der Waals surface area contributed by atoms with Gasteiger partial charge >= 0.3 is 0 Å². The van der Waals surface area contributed by atoms with Crippen molar-refractivity contribution in [1.29, 1.82) is 0 Å². The zero-order valence-electron chi connectivity index (χ0n) is 8.80. The first-order valence-electron chi connectivity index (χ1n) is 4.78. The van der Waals surface area contributed by atoms with Gasteiger partial charge in [0.05, 0.1) is 0 Å². The van der Waals surface area contributed by atoms with Crippen molar-refractivity contribution >= 4 is 11.8 Å². The molecule has 0 aromatic heterocycles. The number of amides is 2. The quantitative estimate of drug-likeness (QED) is 0.479. The van der Waals surface area contributed by atoms with Crippen LogP contribution in [0.3, 0.4) is 0 Å². The van der Waals surface area contributed by atoms with Gasteiger partial charge in [0.15, 0.2) is 0 Å². The van der Waals surface area contributed by atoms with E-state index in [0.29, 0.717) is 6.42 Å². The molecule has 1 atom stereocenters. The topological polar surface area (TPSA) is 84.2 Å². The summed E-state index contributed by atoms with van der Waals surface area (Å²) in [5.41, 5.74) is 4.99. The van der Waals surface area contributed by atoms with Crippen LogP contribution in [0.15, 0.2) is 0 Å². The van der Waals surface area contributed by atoms with Crippen molar-refractivity contribution in [3.63, 3.8) is 0 Å². The van der Waals surface area contributed by atoms with Gasteiger partial charge in [0.2, 0.25) is 11.8 Å². The summed E-state index contributed by atoms with van der Waals surface area (Å²) in [5, 5.41) is 5.66. The monoisotopic (exact) mass is 201 g/mol. The molecule has 0 aliphatic rings. The first kappa shape index (κ1) is 12.9. The molecule has 4 N–H and O–H groups in total. The summed E-state index contributed by atoms with van der Waals surface area (Å²) in [6, 6.07) is -0.172. The fraction of sp³-hybridized carbons (Fsp3) is 0.778. The summed E-state index contributed by atoms with van der Waals surface area (Å²) in [6.07, 6.45) is 1.47. The van der Waals surface area contributed by atoms with Crippen LogP contribution >= 0.6 is 0 Å². The minimum atomic E-state index is -0.395. The number of carbonyl (C=O) groups is 2. The average molecular weight is 201 g/mol. The van der Waals surface area contributed by atoms with Crippen LogP contribution in [0.5, 0.6) is 0 Å². The van der Waals surface area contributed by atoms with E-state index in [1.54, 1.807) is 6.92 Å². The van der Waals surface area contributed by atoms with Crippen LogP contribution in [0.4, 0.5) is 0 Å². The van der Waals surface area contributed by atoms with E-state index in [0.717, 1.165) is 13.0 Å². The number of primary amides is 1. The van der Waals surface area contributed by atoms with Gasteiger partial charge in [-0.25, -0.2) is 0 Å². The lowest BCUT2D eigenvalue weighted by Crippen LogP contribution is -2.35. The summed E-state index contributed by atoms with van der Waals surface area (Å²) >= 11 is 0. The predicted molar refractivity (Wildman–Crippen MR) is 54.6 cm³/mol. The molecule has 0 saturated heterocycles. The second-order valence-corrected chi connectivity index (χ2v) is 3.35. The fourth-order valence-electron chi connectivity index (χ4n) is 1.13. The Labute approximate surface area is 84.4 Å². The molecule has 0 rings (SSSR count). The third-order valence-electron chi connectivity index (χ3n) is 1.75. The summed E-state index contributed by atoms with van der Waals surface area (Å²) in [7, 11) is 1.84. The Bertz CT molecular complexity index is 194. The molecule has 82 valence electrons. The van der Waals surface area contributed by atoms with Gasteiger partial charge in [0.25, 0.3) is 0 Å². The fourth-order valence-corrected chi connectivity index (χ4v) is 1.13. The van der Waals surface area contributed by atoms with Gasteiger partial charge in [-0.3, -0.25) is 9.59 Å². The lowest BCUT2D eigenvalue weighted by molar-refractivity contribution is -0.122. The largest absolute Gasteiger partial charge is 0.370 e. The third-order valence-corrected chi connectivity index (χ3v) is 1.75. The third kappa shape index (κ3) is 7.54. The van der Waals surface area contributed by atoms with Crippen molar-refractivity contribution in [1.82, 2.24) is 10.6 Å². The maximum Gasteiger partial charge on any atom is 0.220 e. The van der Waals surface area contributed by atoms with E-state index in [9.17, 15) is 9.59 Å². The van der Waals surface area contributed by atoms with Gasteiger partial charge in [-0.05, 0) is 26.9 Å². The maximum atomic E-state index is 11.2. The van der Waals surface area contributed by atoms with Crippen molar-refractivity contribution in [2.75, 3.05) is 13.6 Å². The molecule has 0 aliphatic carbocycles. The molecule has 0 aromatic rings. The number of hydrogen-bond acceptors (Lipinski definition) is 3. The van der Waals surface area contributed by atoms with Crippen LogP contribution in [-0.4, -0.2) is 31.4 Å². The van der Waals surface area contributed by atoms with E-state index in [1.807, 2.05) is 7.05 Å². The Morgan fingerprint density at radius 3 is 2.57 bits per heavy atom. The van der Waals surface area contributed by atoms with Gasteiger partial charge in [0.1, 0.15) is 0 Å². The van der Waals surface area contributed by atoms with Crippen molar-refractivity contribution in [2.45, 2.75) is 32.2 Å². The second kappa shape index (κ2) is 7.32. The minimum absolute atomic E-state index is 0.0333. The van der Waals surface area contributed by atoms with Crippen LogP contribution in [-0.2, 0) is 9.59 Å². The Morgan fingerprint density at radius 1 is 1.43 bits per heavy atom. The van der Waals surface area contributed by atoms with Crippen molar-refractivity contribution in [3.05, 3.63) is 0 Å². The summed E-state index contributed by atoms with van der Waals surface area (Å²) in [4.78, 5) is 21.7. The van der Waals surface area contributed by atoms with Gasteiger partial charge in [0, 0.05) is 18.9 Å². The molecule has 0 fully saturated rings. The predicted octanol–water partition coefficient (Wildman–Crippen LogP) is -0.634. The van der Waals surface area contributed by atoms with Crippen LogP contribution in [0.2, 0.25) is 0 Å². The molecule has 2 amide bonds. The first-order chi connectivity index (χ1) is 6.56. The minimum Gasteiger partial charge on any atom is -0.370 e. The standard InChI is InChI=1S/C9H19N3O2/c1-7(6-8(10)13)12-9(14)4-3-5-11-2/h7,11H,3-6H2,1-2H3,(H2,10,13)(H,12,14). The summed E-state index contributed by atoms with van der Waals surface area (Å²) in [6.45, 7) is 2.58. The van der Waals surface area contributed by atoms with E-state index < -0.39 is 5.91 Å². The van der Waals surface area contributed by atoms with E-state index >= 15 is 0 Å². The molecule has 0 bridgehead atoms. The van der Waals surface area contributed by atoms with Crippen molar-refractivity contribution in [3.8, 4) is 0 Å². The molecule has 5 heteroatoms. The Morgan fingerprint density at radius 2 is 2.07 bits per heavy atom. The molecule has 14 heavy (non-hydrogen) atoms. The van der Waals surface area contributed by atoms with E-state index in [2.05, 4.69) is 10.6 Å². The molecule has 0 aliphatic heterocycles. The van der Waals surface area contributed by atoms with Crippen LogP contribution in [0, 0.1) is 0 Å². The maximum absolute atomic E-state index is 11.2. The van der Waals surface area contributed by atoms with Crippen LogP contribution in [0.25, 0.3) is 0 Å². The molecular formula is C9H19N3O2. The van der Waals surface area contributed by atoms with E-state index in [1.165, 1.54) is 0 Å². The Kier molecular flexibility index (Phi) is 6.74. The van der Waals surface area contributed by atoms with E-state index in [-0.39, 0.29) is 18.4 Å².